The van der Waals surface area contributed by atoms with E-state index < -0.39 is 11.4 Å². The number of ether oxygens (including phenoxy) is 3. The van der Waals surface area contributed by atoms with Crippen LogP contribution in [0.5, 0.6) is 0 Å². The molecule has 1 saturated carbocycles. The van der Waals surface area contributed by atoms with Gasteiger partial charge in [-0.05, 0) is 56.2 Å². The highest BCUT2D eigenvalue weighted by molar-refractivity contribution is 5.77. The average Bonchev–Trinajstić information content (AvgIpc) is 3.47. The van der Waals surface area contributed by atoms with Crippen molar-refractivity contribution in [1.29, 1.82) is 5.26 Å². The Bertz CT molecular complexity index is 1020. The van der Waals surface area contributed by atoms with Gasteiger partial charge < -0.3 is 18.8 Å². The van der Waals surface area contributed by atoms with Crippen molar-refractivity contribution >= 4 is 17.1 Å². The molecule has 1 aromatic carbocycles. The summed E-state index contributed by atoms with van der Waals surface area (Å²) < 4.78 is 19.6. The molecule has 2 aromatic rings. The predicted octanol–water partition coefficient (Wildman–Crippen LogP) is 3.44. The van der Waals surface area contributed by atoms with Crippen LogP contribution in [0.3, 0.4) is 0 Å². The fraction of sp³-hybridized carbons (Fsp3) is 0.609. The molecule has 0 radical (unpaired) electrons. The molecule has 1 spiro atoms. The van der Waals surface area contributed by atoms with Gasteiger partial charge in [-0.2, -0.15) is 5.26 Å². The lowest BCUT2D eigenvalue weighted by Crippen LogP contribution is -2.46. The average molecular weight is 425 g/mol. The zero-order chi connectivity index (χ0) is 21.5. The molecule has 164 valence electrons. The van der Waals surface area contributed by atoms with Gasteiger partial charge in [0.25, 0.3) is 0 Å². The Hall–Kier alpha value is -2.63. The van der Waals surface area contributed by atoms with Crippen molar-refractivity contribution in [2.45, 2.75) is 56.5 Å². The number of nitriles is 1. The van der Waals surface area contributed by atoms with E-state index in [1.807, 2.05) is 18.5 Å². The summed E-state index contributed by atoms with van der Waals surface area (Å²) in [4.78, 5) is 19.0. The van der Waals surface area contributed by atoms with Crippen LogP contribution in [0.25, 0.3) is 11.0 Å². The fourth-order valence-corrected chi connectivity index (χ4v) is 5.51. The Kier molecular flexibility index (Phi) is 5.11. The number of aromatic nitrogens is 2. The fourth-order valence-electron chi connectivity index (χ4n) is 5.51. The highest BCUT2D eigenvalue weighted by atomic mass is 16.7. The van der Waals surface area contributed by atoms with Crippen LogP contribution in [0.4, 0.5) is 4.79 Å². The minimum Gasteiger partial charge on any atom is -0.441 e. The van der Waals surface area contributed by atoms with Gasteiger partial charge in [0.05, 0.1) is 48.7 Å². The van der Waals surface area contributed by atoms with Crippen LogP contribution in [0.15, 0.2) is 24.5 Å². The van der Waals surface area contributed by atoms with Crippen LogP contribution in [0.1, 0.15) is 44.1 Å². The highest BCUT2D eigenvalue weighted by Crippen LogP contribution is 2.41. The van der Waals surface area contributed by atoms with Gasteiger partial charge in [0.15, 0.2) is 5.79 Å². The van der Waals surface area contributed by atoms with Gasteiger partial charge in [-0.1, -0.05) is 0 Å². The third kappa shape index (κ3) is 3.77. The lowest BCUT2D eigenvalue weighted by atomic mass is 9.78. The number of hydrogen-bond acceptors (Lipinski definition) is 6. The number of imidazole rings is 1. The lowest BCUT2D eigenvalue weighted by molar-refractivity contribution is -0.199. The van der Waals surface area contributed by atoms with E-state index in [1.54, 1.807) is 18.1 Å². The standard InChI is InChI=1S/C23H28N4O4/c1-29-23(8-3-9-30-23)15-27-14-22(31-21(27)28)7-2-4-18(11-22)13-26-16-25-19-6-5-17(12-24)10-20(19)26/h5-6,10,16,18H,2-4,7-9,11,13-15H2,1H3/t18-,22-,23?/m0/s1. The Balaban J connectivity index is 1.29. The molecule has 2 aliphatic heterocycles. The number of amides is 1. The maximum absolute atomic E-state index is 12.7. The van der Waals surface area contributed by atoms with Gasteiger partial charge in [-0.25, -0.2) is 9.78 Å². The Morgan fingerprint density at radius 1 is 1.35 bits per heavy atom. The van der Waals surface area contributed by atoms with Crippen molar-refractivity contribution in [3.05, 3.63) is 30.1 Å². The summed E-state index contributed by atoms with van der Waals surface area (Å²) in [5.41, 5.74) is 2.06. The van der Waals surface area contributed by atoms with Crippen molar-refractivity contribution in [2.75, 3.05) is 26.8 Å². The molecule has 3 heterocycles. The summed E-state index contributed by atoms with van der Waals surface area (Å²) >= 11 is 0. The molecule has 8 heteroatoms. The van der Waals surface area contributed by atoms with E-state index in [9.17, 15) is 10.1 Å². The molecular formula is C23H28N4O4. The molecule has 3 aliphatic rings. The Morgan fingerprint density at radius 3 is 3.03 bits per heavy atom. The van der Waals surface area contributed by atoms with Crippen molar-refractivity contribution < 1.29 is 19.0 Å². The van der Waals surface area contributed by atoms with Gasteiger partial charge >= 0.3 is 6.09 Å². The SMILES string of the molecule is COC1(CN2C[C@@]3(CCC[C@H](Cn4cnc5ccc(C#N)cc54)C3)OC2=O)CCCO1. The third-order valence-corrected chi connectivity index (χ3v) is 7.02. The Morgan fingerprint density at radius 2 is 2.26 bits per heavy atom. The smallest absolute Gasteiger partial charge is 0.410 e. The van der Waals surface area contributed by atoms with Crippen LogP contribution in [-0.2, 0) is 20.8 Å². The molecule has 2 saturated heterocycles. The van der Waals surface area contributed by atoms with Crippen molar-refractivity contribution in [3.63, 3.8) is 0 Å². The molecule has 8 nitrogen and oxygen atoms in total. The van der Waals surface area contributed by atoms with E-state index in [0.717, 1.165) is 56.1 Å². The van der Waals surface area contributed by atoms with E-state index in [-0.39, 0.29) is 6.09 Å². The minimum atomic E-state index is -0.702. The molecular weight excluding hydrogens is 396 g/mol. The van der Waals surface area contributed by atoms with Crippen LogP contribution in [-0.4, -0.2) is 58.7 Å². The zero-order valence-electron chi connectivity index (χ0n) is 17.9. The van der Waals surface area contributed by atoms with Crippen molar-refractivity contribution in [1.82, 2.24) is 14.5 Å². The molecule has 3 fully saturated rings. The summed E-state index contributed by atoms with van der Waals surface area (Å²) in [7, 11) is 1.65. The number of rotatable bonds is 5. The topological polar surface area (TPSA) is 89.6 Å². The zero-order valence-corrected chi connectivity index (χ0v) is 17.9. The summed E-state index contributed by atoms with van der Waals surface area (Å²) in [5.74, 6) is -0.323. The molecule has 0 bridgehead atoms. The number of hydrogen-bond donors (Lipinski definition) is 0. The summed E-state index contributed by atoms with van der Waals surface area (Å²) in [6.45, 7) is 2.46. The van der Waals surface area contributed by atoms with E-state index in [0.29, 0.717) is 31.2 Å². The van der Waals surface area contributed by atoms with Crippen LogP contribution < -0.4 is 0 Å². The monoisotopic (exact) mass is 424 g/mol. The van der Waals surface area contributed by atoms with Gasteiger partial charge in [-0.15, -0.1) is 0 Å². The first kappa shape index (κ1) is 20.3. The Labute approximate surface area is 181 Å². The van der Waals surface area contributed by atoms with Gasteiger partial charge in [-0.3, -0.25) is 4.90 Å². The molecule has 1 unspecified atom stereocenters. The van der Waals surface area contributed by atoms with Gasteiger partial charge in [0, 0.05) is 20.1 Å². The highest BCUT2D eigenvalue weighted by Gasteiger charge is 2.50. The number of carbonyl (C=O) groups is 1. The number of fused-ring (bicyclic) bond motifs is 1. The van der Waals surface area contributed by atoms with E-state index in [1.165, 1.54) is 0 Å². The predicted molar refractivity (Wildman–Crippen MR) is 112 cm³/mol. The summed E-state index contributed by atoms with van der Waals surface area (Å²) in [6.07, 6.45) is 7.14. The maximum atomic E-state index is 12.7. The molecule has 1 aromatic heterocycles. The first-order valence-corrected chi connectivity index (χ1v) is 11.1. The molecule has 31 heavy (non-hydrogen) atoms. The van der Waals surface area contributed by atoms with Gasteiger partial charge in [0.1, 0.15) is 5.60 Å². The number of nitrogens with zero attached hydrogens (tertiary/aromatic N) is 4. The second-order valence-electron chi connectivity index (χ2n) is 9.15. The second-order valence-corrected chi connectivity index (χ2v) is 9.15. The van der Waals surface area contributed by atoms with Crippen LogP contribution >= 0.6 is 0 Å². The van der Waals surface area contributed by atoms with Crippen LogP contribution in [0.2, 0.25) is 0 Å². The number of benzene rings is 1. The van der Waals surface area contributed by atoms with E-state index >= 15 is 0 Å². The first-order chi connectivity index (χ1) is 15.0. The first-order valence-electron chi connectivity index (χ1n) is 11.1. The molecule has 1 aliphatic carbocycles. The quantitative estimate of drug-likeness (QED) is 0.730. The van der Waals surface area contributed by atoms with Crippen molar-refractivity contribution in [3.8, 4) is 6.07 Å². The molecule has 5 rings (SSSR count). The van der Waals surface area contributed by atoms with E-state index in [4.69, 9.17) is 14.2 Å². The molecule has 0 N–H and O–H groups in total. The largest absolute Gasteiger partial charge is 0.441 e. The second kappa shape index (κ2) is 7.81. The minimum absolute atomic E-state index is 0.265. The summed E-state index contributed by atoms with van der Waals surface area (Å²) in [5, 5.41) is 9.22. The van der Waals surface area contributed by atoms with Crippen LogP contribution in [0, 0.1) is 17.2 Å². The third-order valence-electron chi connectivity index (χ3n) is 7.02. The lowest BCUT2D eigenvalue weighted by Gasteiger charge is -2.36. The number of carbonyl (C=O) groups excluding carboxylic acids is 1. The number of methoxy groups -OCH3 is 1. The normalized spacial score (nSPS) is 30.8. The molecule has 3 atom stereocenters. The maximum Gasteiger partial charge on any atom is 0.410 e. The molecule has 1 amide bonds. The van der Waals surface area contributed by atoms with Crippen molar-refractivity contribution in [2.24, 2.45) is 5.92 Å². The summed E-state index contributed by atoms with van der Waals surface area (Å²) in [6, 6.07) is 7.78. The van der Waals surface area contributed by atoms with Gasteiger partial charge in [0.2, 0.25) is 0 Å². The van der Waals surface area contributed by atoms with E-state index in [2.05, 4.69) is 15.6 Å².